The van der Waals surface area contributed by atoms with Crippen LogP contribution in [0.25, 0.3) is 0 Å². The lowest BCUT2D eigenvalue weighted by atomic mass is 9.94. The van der Waals surface area contributed by atoms with E-state index in [-0.39, 0.29) is 6.03 Å². The molecule has 0 saturated heterocycles. The molecule has 116 valence electrons. The SMILES string of the molecule is CN(Cc1ccccc1)C(=O)NC(C)(C)c1ccc(Cl)cc1. The fraction of sp³-hybridized carbons (Fsp3) is 0.278. The highest BCUT2D eigenvalue weighted by atomic mass is 35.5. The Morgan fingerprint density at radius 1 is 1.09 bits per heavy atom. The Labute approximate surface area is 136 Å². The van der Waals surface area contributed by atoms with E-state index in [0.29, 0.717) is 11.6 Å². The molecule has 0 aliphatic heterocycles. The zero-order chi connectivity index (χ0) is 16.2. The first kappa shape index (κ1) is 16.4. The molecule has 0 aliphatic carbocycles. The Morgan fingerprint density at radius 3 is 2.27 bits per heavy atom. The number of halogens is 1. The summed E-state index contributed by atoms with van der Waals surface area (Å²) in [6.45, 7) is 4.53. The van der Waals surface area contributed by atoms with E-state index < -0.39 is 5.54 Å². The van der Waals surface area contributed by atoms with Gasteiger partial charge in [0.15, 0.2) is 0 Å². The number of nitrogens with zero attached hydrogens (tertiary/aromatic N) is 1. The Balaban J connectivity index is 2.02. The minimum Gasteiger partial charge on any atom is -0.329 e. The van der Waals surface area contributed by atoms with E-state index in [9.17, 15) is 4.79 Å². The molecule has 0 atom stereocenters. The minimum absolute atomic E-state index is 0.108. The van der Waals surface area contributed by atoms with Gasteiger partial charge in [0.1, 0.15) is 0 Å². The molecule has 2 amide bonds. The second kappa shape index (κ2) is 6.84. The zero-order valence-corrected chi connectivity index (χ0v) is 13.9. The van der Waals surface area contributed by atoms with Crippen LogP contribution < -0.4 is 5.32 Å². The van der Waals surface area contributed by atoms with E-state index in [2.05, 4.69) is 5.32 Å². The van der Waals surface area contributed by atoms with Gasteiger partial charge in [-0.05, 0) is 37.1 Å². The van der Waals surface area contributed by atoms with Crippen LogP contribution >= 0.6 is 11.6 Å². The number of benzene rings is 2. The highest BCUT2D eigenvalue weighted by Gasteiger charge is 2.24. The Hall–Kier alpha value is -2.00. The van der Waals surface area contributed by atoms with Crippen molar-refractivity contribution in [3.8, 4) is 0 Å². The molecule has 3 nitrogen and oxygen atoms in total. The summed E-state index contributed by atoms with van der Waals surface area (Å²) in [5.41, 5.74) is 1.65. The van der Waals surface area contributed by atoms with Crippen molar-refractivity contribution in [2.24, 2.45) is 0 Å². The highest BCUT2D eigenvalue weighted by Crippen LogP contribution is 2.22. The van der Waals surface area contributed by atoms with E-state index in [4.69, 9.17) is 11.6 Å². The maximum Gasteiger partial charge on any atom is 0.318 e. The molecule has 0 spiro atoms. The molecule has 0 heterocycles. The summed E-state index contributed by atoms with van der Waals surface area (Å²) in [7, 11) is 1.79. The van der Waals surface area contributed by atoms with Gasteiger partial charge >= 0.3 is 6.03 Å². The summed E-state index contributed by atoms with van der Waals surface area (Å²) >= 11 is 5.91. The maximum atomic E-state index is 12.4. The van der Waals surface area contributed by atoms with Gasteiger partial charge in [-0.2, -0.15) is 0 Å². The number of hydrogen-bond donors (Lipinski definition) is 1. The third-order valence-corrected chi connectivity index (χ3v) is 3.85. The predicted molar refractivity (Wildman–Crippen MR) is 90.9 cm³/mol. The number of carbonyl (C=O) groups is 1. The third kappa shape index (κ3) is 4.25. The summed E-state index contributed by atoms with van der Waals surface area (Å²) in [5, 5.41) is 3.74. The molecule has 0 unspecified atom stereocenters. The van der Waals surface area contributed by atoms with Crippen molar-refractivity contribution in [3.05, 3.63) is 70.7 Å². The van der Waals surface area contributed by atoms with E-state index >= 15 is 0 Å². The molecule has 0 saturated carbocycles. The summed E-state index contributed by atoms with van der Waals surface area (Å²) in [5.74, 6) is 0. The molecule has 2 rings (SSSR count). The van der Waals surface area contributed by atoms with Crippen LogP contribution in [0.4, 0.5) is 4.79 Å². The fourth-order valence-electron chi connectivity index (χ4n) is 2.23. The molecule has 2 aromatic carbocycles. The number of carbonyl (C=O) groups excluding carboxylic acids is 1. The van der Waals surface area contributed by atoms with Crippen molar-refractivity contribution < 1.29 is 4.79 Å². The first-order valence-electron chi connectivity index (χ1n) is 7.22. The van der Waals surface area contributed by atoms with Crippen LogP contribution in [0.15, 0.2) is 54.6 Å². The largest absolute Gasteiger partial charge is 0.329 e. The predicted octanol–water partition coefficient (Wildman–Crippen LogP) is 4.42. The first-order valence-corrected chi connectivity index (χ1v) is 7.59. The van der Waals surface area contributed by atoms with Crippen molar-refractivity contribution in [1.29, 1.82) is 0 Å². The summed E-state index contributed by atoms with van der Waals surface area (Å²) < 4.78 is 0. The molecule has 22 heavy (non-hydrogen) atoms. The zero-order valence-electron chi connectivity index (χ0n) is 13.1. The lowest BCUT2D eigenvalue weighted by Crippen LogP contribution is -2.46. The van der Waals surface area contributed by atoms with Gasteiger partial charge < -0.3 is 10.2 Å². The van der Waals surface area contributed by atoms with Gasteiger partial charge in [-0.25, -0.2) is 4.79 Å². The molecule has 4 heteroatoms. The number of rotatable bonds is 4. The van der Waals surface area contributed by atoms with Crippen LogP contribution in [0.1, 0.15) is 25.0 Å². The Kier molecular flexibility index (Phi) is 5.09. The molecule has 1 N–H and O–H groups in total. The molecule has 0 fully saturated rings. The molecular weight excluding hydrogens is 296 g/mol. The fourth-order valence-corrected chi connectivity index (χ4v) is 2.36. The molecular formula is C18H21ClN2O. The topological polar surface area (TPSA) is 32.3 Å². The smallest absolute Gasteiger partial charge is 0.318 e. The van der Waals surface area contributed by atoms with Crippen LogP contribution in [0.3, 0.4) is 0 Å². The van der Waals surface area contributed by atoms with Crippen molar-refractivity contribution >= 4 is 17.6 Å². The van der Waals surface area contributed by atoms with Crippen LogP contribution in [0.2, 0.25) is 5.02 Å². The van der Waals surface area contributed by atoms with Crippen molar-refractivity contribution in [1.82, 2.24) is 10.2 Å². The molecule has 0 aliphatic rings. The van der Waals surface area contributed by atoms with Gasteiger partial charge in [-0.1, -0.05) is 54.1 Å². The molecule has 0 aromatic heterocycles. The van der Waals surface area contributed by atoms with Gasteiger partial charge in [0, 0.05) is 18.6 Å². The van der Waals surface area contributed by atoms with Gasteiger partial charge in [0.05, 0.1) is 5.54 Å². The standard InChI is InChI=1S/C18H21ClN2O/c1-18(2,15-9-11-16(19)12-10-15)20-17(22)21(3)13-14-7-5-4-6-8-14/h4-12H,13H2,1-3H3,(H,20,22). The van der Waals surface area contributed by atoms with Crippen molar-refractivity contribution in [2.45, 2.75) is 25.9 Å². The van der Waals surface area contributed by atoms with E-state index in [1.165, 1.54) is 0 Å². The Bertz CT molecular complexity index is 623. The minimum atomic E-state index is -0.466. The molecule has 0 bridgehead atoms. The summed E-state index contributed by atoms with van der Waals surface area (Å²) in [4.78, 5) is 14.1. The monoisotopic (exact) mass is 316 g/mol. The molecule has 2 aromatic rings. The van der Waals surface area contributed by atoms with Gasteiger partial charge in [0.25, 0.3) is 0 Å². The second-order valence-electron chi connectivity index (χ2n) is 5.90. The number of urea groups is 1. The number of amides is 2. The third-order valence-electron chi connectivity index (χ3n) is 3.59. The van der Waals surface area contributed by atoms with Crippen molar-refractivity contribution in [2.75, 3.05) is 7.05 Å². The first-order chi connectivity index (χ1) is 10.4. The van der Waals surface area contributed by atoms with Crippen LogP contribution in [0.5, 0.6) is 0 Å². The second-order valence-corrected chi connectivity index (χ2v) is 6.34. The number of nitrogens with one attached hydrogen (secondary N) is 1. The number of hydrogen-bond acceptors (Lipinski definition) is 1. The average molecular weight is 317 g/mol. The summed E-state index contributed by atoms with van der Waals surface area (Å²) in [6.07, 6.45) is 0. The lowest BCUT2D eigenvalue weighted by Gasteiger charge is -2.30. The van der Waals surface area contributed by atoms with Gasteiger partial charge in [-0.15, -0.1) is 0 Å². The molecule has 0 radical (unpaired) electrons. The van der Waals surface area contributed by atoms with E-state index in [1.54, 1.807) is 11.9 Å². The average Bonchev–Trinajstić information content (AvgIpc) is 2.48. The van der Waals surface area contributed by atoms with Crippen molar-refractivity contribution in [3.63, 3.8) is 0 Å². The lowest BCUT2D eigenvalue weighted by molar-refractivity contribution is 0.195. The van der Waals surface area contributed by atoms with Crippen LogP contribution in [-0.2, 0) is 12.1 Å². The normalized spacial score (nSPS) is 11.1. The van der Waals surface area contributed by atoms with Crippen LogP contribution in [0, 0.1) is 0 Å². The Morgan fingerprint density at radius 2 is 1.68 bits per heavy atom. The van der Waals surface area contributed by atoms with Gasteiger partial charge in [0.2, 0.25) is 0 Å². The van der Waals surface area contributed by atoms with Gasteiger partial charge in [-0.3, -0.25) is 0 Å². The summed E-state index contributed by atoms with van der Waals surface area (Å²) in [6, 6.07) is 17.3. The van der Waals surface area contributed by atoms with E-state index in [0.717, 1.165) is 11.1 Å². The highest BCUT2D eigenvalue weighted by molar-refractivity contribution is 6.30. The maximum absolute atomic E-state index is 12.4. The van der Waals surface area contributed by atoms with E-state index in [1.807, 2.05) is 68.4 Å². The quantitative estimate of drug-likeness (QED) is 0.890. The van der Waals surface area contributed by atoms with Crippen LogP contribution in [-0.4, -0.2) is 18.0 Å².